The minimum atomic E-state index is 0.647. The van der Waals surface area contributed by atoms with E-state index < -0.39 is 0 Å². The molecule has 0 fully saturated rings. The fourth-order valence-corrected chi connectivity index (χ4v) is 9.07. The molecule has 264 valence electrons. The van der Waals surface area contributed by atoms with E-state index in [1.165, 1.54) is 54.1 Å². The van der Waals surface area contributed by atoms with Crippen LogP contribution in [0, 0.1) is 0 Å². The first-order valence-electron chi connectivity index (χ1n) is 19.4. The van der Waals surface area contributed by atoms with Gasteiger partial charge in [0.1, 0.15) is 0 Å². The van der Waals surface area contributed by atoms with Crippen LogP contribution in [0.1, 0.15) is 0 Å². The van der Waals surface area contributed by atoms with E-state index in [0.29, 0.717) is 17.5 Å². The van der Waals surface area contributed by atoms with Gasteiger partial charge in [0.25, 0.3) is 0 Å². The van der Waals surface area contributed by atoms with Crippen LogP contribution in [0.25, 0.3) is 116 Å². The van der Waals surface area contributed by atoms with Gasteiger partial charge in [0.05, 0.1) is 11.0 Å². The van der Waals surface area contributed by atoms with Gasteiger partial charge in [-0.15, -0.1) is 0 Å². The summed E-state index contributed by atoms with van der Waals surface area (Å²) in [5.41, 5.74) is 8.75. The Bertz CT molecular complexity index is 3440. The minimum absolute atomic E-state index is 0.647. The molecule has 0 N–H and O–H groups in total. The Labute approximate surface area is 328 Å². The van der Waals surface area contributed by atoms with Gasteiger partial charge >= 0.3 is 0 Å². The summed E-state index contributed by atoms with van der Waals surface area (Å²) in [6.45, 7) is 0. The first-order chi connectivity index (χ1) is 28.3. The molecule has 0 saturated carbocycles. The standard InChI is InChI=1S/C53H32N4/c1-4-16-33(17-5-1)51-54-52(34-18-6-2-7-19-34)56-53(55-51)44-29-28-38(40-24-12-13-25-41(40)44)36-30-45-42-26-14-15-27-43(42)48-39-23-11-10-20-35(39)31-47-50(48)49(45)46(32-36)57(47)37-21-8-3-9-22-37/h1-32H. The summed E-state index contributed by atoms with van der Waals surface area (Å²) in [4.78, 5) is 15.2. The molecule has 0 atom stereocenters. The Balaban J connectivity index is 1.15. The van der Waals surface area contributed by atoms with E-state index in [0.717, 1.165) is 44.3 Å². The third-order valence-electron chi connectivity index (χ3n) is 11.6. The summed E-state index contributed by atoms with van der Waals surface area (Å²) < 4.78 is 2.47. The topological polar surface area (TPSA) is 43.6 Å². The Morgan fingerprint density at radius 3 is 1.49 bits per heavy atom. The second-order valence-electron chi connectivity index (χ2n) is 14.7. The molecule has 12 aromatic rings. The van der Waals surface area contributed by atoms with Gasteiger partial charge in [0.2, 0.25) is 0 Å². The molecule has 10 aromatic carbocycles. The van der Waals surface area contributed by atoms with Crippen molar-refractivity contribution in [2.45, 2.75) is 0 Å². The summed E-state index contributed by atoms with van der Waals surface area (Å²) in [6.07, 6.45) is 0. The molecule has 4 nitrogen and oxygen atoms in total. The van der Waals surface area contributed by atoms with Gasteiger partial charge in [-0.1, -0.05) is 158 Å². The Hall–Kier alpha value is -7.69. The van der Waals surface area contributed by atoms with Crippen molar-refractivity contribution in [2.75, 3.05) is 0 Å². The molecule has 0 radical (unpaired) electrons. The number of aromatic nitrogens is 4. The van der Waals surface area contributed by atoms with Crippen LogP contribution in [0.4, 0.5) is 0 Å². The predicted molar refractivity (Wildman–Crippen MR) is 237 cm³/mol. The molecule has 0 spiro atoms. The highest BCUT2D eigenvalue weighted by molar-refractivity contribution is 6.39. The maximum Gasteiger partial charge on any atom is 0.164 e. The second-order valence-corrected chi connectivity index (χ2v) is 14.7. The van der Waals surface area contributed by atoms with Gasteiger partial charge in [0.15, 0.2) is 17.5 Å². The quantitative estimate of drug-likeness (QED) is 0.166. The summed E-state index contributed by atoms with van der Waals surface area (Å²) in [5, 5.41) is 12.5. The SMILES string of the molecule is c1ccc(-c2nc(-c3ccccc3)nc(-c3ccc(-c4cc5c6ccccc6c6c7ccccc7cc7c6c5c(c4)n7-c4ccccc4)c4ccccc34)n2)cc1. The van der Waals surface area contributed by atoms with Crippen LogP contribution in [-0.2, 0) is 0 Å². The van der Waals surface area contributed by atoms with Crippen LogP contribution in [0.2, 0.25) is 0 Å². The van der Waals surface area contributed by atoms with E-state index in [9.17, 15) is 0 Å². The zero-order valence-corrected chi connectivity index (χ0v) is 30.8. The molecule has 12 rings (SSSR count). The maximum atomic E-state index is 5.12. The molecule has 0 amide bonds. The molecular formula is C53H32N4. The molecular weight excluding hydrogens is 693 g/mol. The average Bonchev–Trinajstić information content (AvgIpc) is 3.62. The van der Waals surface area contributed by atoms with Crippen molar-refractivity contribution in [3.05, 3.63) is 194 Å². The summed E-state index contributed by atoms with van der Waals surface area (Å²) in [6, 6.07) is 69.2. The van der Waals surface area contributed by atoms with Gasteiger partial charge in [-0.2, -0.15) is 0 Å². The van der Waals surface area contributed by atoms with Gasteiger partial charge in [0, 0.05) is 38.5 Å². The Morgan fingerprint density at radius 2 is 0.807 bits per heavy atom. The Morgan fingerprint density at radius 1 is 0.298 bits per heavy atom. The lowest BCUT2D eigenvalue weighted by Crippen LogP contribution is -2.00. The van der Waals surface area contributed by atoms with Crippen LogP contribution in [0.15, 0.2) is 194 Å². The van der Waals surface area contributed by atoms with Crippen molar-refractivity contribution < 1.29 is 0 Å². The van der Waals surface area contributed by atoms with Gasteiger partial charge in [-0.25, -0.2) is 15.0 Å². The highest BCUT2D eigenvalue weighted by Gasteiger charge is 2.24. The van der Waals surface area contributed by atoms with Gasteiger partial charge in [-0.3, -0.25) is 0 Å². The fourth-order valence-electron chi connectivity index (χ4n) is 9.07. The minimum Gasteiger partial charge on any atom is -0.309 e. The molecule has 0 aliphatic rings. The number of fused-ring (bicyclic) bond motifs is 6. The van der Waals surface area contributed by atoms with E-state index in [1.54, 1.807) is 0 Å². The maximum absolute atomic E-state index is 5.12. The van der Waals surface area contributed by atoms with Crippen LogP contribution >= 0.6 is 0 Å². The van der Waals surface area contributed by atoms with E-state index in [4.69, 9.17) is 15.0 Å². The van der Waals surface area contributed by atoms with Crippen LogP contribution in [-0.4, -0.2) is 19.5 Å². The lowest BCUT2D eigenvalue weighted by Gasteiger charge is -2.15. The first-order valence-corrected chi connectivity index (χ1v) is 19.4. The number of nitrogens with zero attached hydrogens (tertiary/aromatic N) is 4. The number of hydrogen-bond acceptors (Lipinski definition) is 3. The second kappa shape index (κ2) is 12.4. The smallest absolute Gasteiger partial charge is 0.164 e. The van der Waals surface area contributed by atoms with Crippen molar-refractivity contribution in [2.24, 2.45) is 0 Å². The number of rotatable bonds is 5. The normalized spacial score (nSPS) is 11.9. The van der Waals surface area contributed by atoms with Crippen LogP contribution < -0.4 is 0 Å². The van der Waals surface area contributed by atoms with E-state index in [2.05, 4.69) is 162 Å². The molecule has 2 aromatic heterocycles. The zero-order chi connectivity index (χ0) is 37.5. The van der Waals surface area contributed by atoms with Crippen LogP contribution in [0.5, 0.6) is 0 Å². The van der Waals surface area contributed by atoms with Crippen molar-refractivity contribution in [1.29, 1.82) is 0 Å². The summed E-state index contributed by atoms with van der Waals surface area (Å²) in [7, 11) is 0. The predicted octanol–water partition coefficient (Wildman–Crippen LogP) is 13.7. The van der Waals surface area contributed by atoms with Crippen LogP contribution in [0.3, 0.4) is 0 Å². The number of benzene rings is 10. The van der Waals surface area contributed by atoms with Crippen molar-refractivity contribution in [1.82, 2.24) is 19.5 Å². The summed E-state index contributed by atoms with van der Waals surface area (Å²) in [5.74, 6) is 1.95. The molecule has 0 aliphatic heterocycles. The largest absolute Gasteiger partial charge is 0.309 e. The first kappa shape index (κ1) is 31.6. The third kappa shape index (κ3) is 4.84. The highest BCUT2D eigenvalue weighted by Crippen LogP contribution is 2.48. The third-order valence-corrected chi connectivity index (χ3v) is 11.6. The van der Waals surface area contributed by atoms with Crippen molar-refractivity contribution in [3.63, 3.8) is 0 Å². The van der Waals surface area contributed by atoms with Crippen molar-refractivity contribution in [3.8, 4) is 51.0 Å². The molecule has 0 bridgehead atoms. The molecule has 57 heavy (non-hydrogen) atoms. The van der Waals surface area contributed by atoms with Gasteiger partial charge in [-0.05, 0) is 85.2 Å². The number of para-hydroxylation sites is 1. The zero-order valence-electron chi connectivity index (χ0n) is 30.8. The lowest BCUT2D eigenvalue weighted by molar-refractivity contribution is 1.08. The van der Waals surface area contributed by atoms with E-state index >= 15 is 0 Å². The molecule has 0 aliphatic carbocycles. The molecule has 0 unspecified atom stereocenters. The monoisotopic (exact) mass is 724 g/mol. The Kier molecular flexibility index (Phi) is 6.89. The number of hydrogen-bond donors (Lipinski definition) is 0. The fraction of sp³-hybridized carbons (Fsp3) is 0. The molecule has 0 saturated heterocycles. The van der Waals surface area contributed by atoms with E-state index in [1.807, 2.05) is 36.4 Å². The lowest BCUT2D eigenvalue weighted by atomic mass is 9.88. The summed E-state index contributed by atoms with van der Waals surface area (Å²) >= 11 is 0. The molecule has 4 heteroatoms. The average molecular weight is 725 g/mol. The van der Waals surface area contributed by atoms with Gasteiger partial charge < -0.3 is 4.57 Å². The molecule has 2 heterocycles. The van der Waals surface area contributed by atoms with E-state index in [-0.39, 0.29) is 0 Å². The highest BCUT2D eigenvalue weighted by atomic mass is 15.0. The van der Waals surface area contributed by atoms with Crippen molar-refractivity contribution >= 4 is 64.9 Å².